The molecule has 1 amide bonds. The van der Waals surface area contributed by atoms with Crippen LogP contribution in [0.4, 0.5) is 5.69 Å². The van der Waals surface area contributed by atoms with E-state index in [1.165, 1.54) is 11.6 Å². The Hall–Kier alpha value is -3.61. The van der Waals surface area contributed by atoms with Crippen molar-refractivity contribution in [2.45, 2.75) is 26.9 Å². The average molecular weight is 393 g/mol. The third kappa shape index (κ3) is 4.13. The molecule has 7 heteroatoms. The van der Waals surface area contributed by atoms with Gasteiger partial charge in [0.05, 0.1) is 11.4 Å². The molecule has 0 bridgehead atoms. The standard InChI is InChI=1S/C22H23N3O4/c1-14-20(22(28)25(24(14)4)18-10-6-5-7-11-18)23-21(27)16(3)29-19-12-8-9-17(13-19)15(2)26/h5-13,16H,1-4H3,(H,23,27)/t16-/m1/s1. The van der Waals surface area contributed by atoms with Gasteiger partial charge in [-0.25, -0.2) is 4.68 Å². The van der Waals surface area contributed by atoms with Gasteiger partial charge in [-0.2, -0.15) is 0 Å². The normalized spacial score (nSPS) is 11.7. The van der Waals surface area contributed by atoms with E-state index < -0.39 is 12.0 Å². The second-order valence-corrected chi connectivity index (χ2v) is 6.77. The lowest BCUT2D eigenvalue weighted by molar-refractivity contribution is -0.122. The van der Waals surface area contributed by atoms with Crippen LogP contribution >= 0.6 is 0 Å². The Morgan fingerprint density at radius 1 is 1.07 bits per heavy atom. The van der Waals surface area contributed by atoms with Crippen molar-refractivity contribution in [3.05, 3.63) is 76.2 Å². The molecule has 1 atom stereocenters. The lowest BCUT2D eigenvalue weighted by Crippen LogP contribution is -2.32. The predicted octanol–water partition coefficient (Wildman–Crippen LogP) is 3.09. The van der Waals surface area contributed by atoms with Crippen molar-refractivity contribution in [1.29, 1.82) is 0 Å². The number of anilines is 1. The number of nitrogens with zero attached hydrogens (tertiary/aromatic N) is 2. The minimum Gasteiger partial charge on any atom is -0.481 e. The highest BCUT2D eigenvalue weighted by Gasteiger charge is 2.22. The molecule has 7 nitrogen and oxygen atoms in total. The van der Waals surface area contributed by atoms with Gasteiger partial charge >= 0.3 is 0 Å². The van der Waals surface area contributed by atoms with Gasteiger partial charge in [0, 0.05) is 12.6 Å². The van der Waals surface area contributed by atoms with Gasteiger partial charge in [-0.3, -0.25) is 19.1 Å². The summed E-state index contributed by atoms with van der Waals surface area (Å²) < 4.78 is 8.84. The Labute approximate surface area is 168 Å². The number of hydrogen-bond donors (Lipinski definition) is 1. The molecule has 0 spiro atoms. The lowest BCUT2D eigenvalue weighted by Gasteiger charge is -2.14. The second kappa shape index (κ2) is 8.18. The van der Waals surface area contributed by atoms with Crippen LogP contribution in [0, 0.1) is 6.92 Å². The van der Waals surface area contributed by atoms with Crippen molar-refractivity contribution < 1.29 is 14.3 Å². The van der Waals surface area contributed by atoms with Gasteiger partial charge in [0.2, 0.25) is 0 Å². The Bertz CT molecular complexity index is 1110. The van der Waals surface area contributed by atoms with Gasteiger partial charge < -0.3 is 10.1 Å². The van der Waals surface area contributed by atoms with Crippen molar-refractivity contribution in [2.75, 3.05) is 5.32 Å². The number of amides is 1. The summed E-state index contributed by atoms with van der Waals surface area (Å²) in [6.07, 6.45) is -0.860. The molecule has 29 heavy (non-hydrogen) atoms. The molecule has 0 aliphatic carbocycles. The third-order valence-corrected chi connectivity index (χ3v) is 4.73. The molecule has 0 saturated carbocycles. The molecule has 0 radical (unpaired) electrons. The number of carbonyl (C=O) groups excluding carboxylic acids is 2. The zero-order valence-electron chi connectivity index (χ0n) is 16.8. The van der Waals surface area contributed by atoms with Crippen LogP contribution in [0.25, 0.3) is 5.69 Å². The smallest absolute Gasteiger partial charge is 0.295 e. The Balaban J connectivity index is 1.81. The van der Waals surface area contributed by atoms with E-state index in [1.807, 2.05) is 30.3 Å². The number of para-hydroxylation sites is 1. The summed E-state index contributed by atoms with van der Waals surface area (Å²) in [5.41, 5.74) is 1.70. The van der Waals surface area contributed by atoms with E-state index in [1.54, 1.807) is 49.8 Å². The average Bonchev–Trinajstić information content (AvgIpc) is 2.92. The number of nitrogens with one attached hydrogen (secondary N) is 1. The first kappa shape index (κ1) is 20.1. The summed E-state index contributed by atoms with van der Waals surface area (Å²) in [5, 5.41) is 2.68. The van der Waals surface area contributed by atoms with Gasteiger partial charge in [0.25, 0.3) is 11.5 Å². The Kier molecular flexibility index (Phi) is 5.68. The molecule has 0 saturated heterocycles. The number of ketones is 1. The van der Waals surface area contributed by atoms with Gasteiger partial charge in [-0.1, -0.05) is 30.3 Å². The zero-order valence-corrected chi connectivity index (χ0v) is 16.8. The maximum absolute atomic E-state index is 12.9. The topological polar surface area (TPSA) is 82.3 Å². The highest BCUT2D eigenvalue weighted by Crippen LogP contribution is 2.17. The number of rotatable bonds is 6. The first-order valence-corrected chi connectivity index (χ1v) is 9.22. The highest BCUT2D eigenvalue weighted by atomic mass is 16.5. The summed E-state index contributed by atoms with van der Waals surface area (Å²) in [5.74, 6) is -0.134. The summed E-state index contributed by atoms with van der Waals surface area (Å²) in [6.45, 7) is 4.81. The van der Waals surface area contributed by atoms with E-state index in [4.69, 9.17) is 4.74 Å². The van der Waals surface area contributed by atoms with Gasteiger partial charge in [0.15, 0.2) is 11.9 Å². The molecular weight excluding hydrogens is 370 g/mol. The molecule has 2 aromatic carbocycles. The van der Waals surface area contributed by atoms with Crippen LogP contribution in [-0.2, 0) is 11.8 Å². The number of aromatic nitrogens is 2. The van der Waals surface area contributed by atoms with Gasteiger partial charge in [-0.15, -0.1) is 0 Å². The number of hydrogen-bond acceptors (Lipinski definition) is 4. The molecule has 1 aromatic heterocycles. The van der Waals surface area contributed by atoms with Crippen LogP contribution in [0.15, 0.2) is 59.4 Å². The van der Waals surface area contributed by atoms with E-state index >= 15 is 0 Å². The van der Waals surface area contributed by atoms with E-state index in [0.29, 0.717) is 22.7 Å². The number of Topliss-reactive ketones (excluding diaryl/α,β-unsaturated/α-hetero) is 1. The van der Waals surface area contributed by atoms with Crippen LogP contribution in [0.3, 0.4) is 0 Å². The molecule has 0 aliphatic rings. The molecule has 3 aromatic rings. The largest absolute Gasteiger partial charge is 0.481 e. The molecule has 0 aliphatic heterocycles. The summed E-state index contributed by atoms with van der Waals surface area (Å²) in [4.78, 5) is 37.0. The van der Waals surface area contributed by atoms with Crippen LogP contribution in [0.1, 0.15) is 29.9 Å². The first-order valence-electron chi connectivity index (χ1n) is 9.22. The van der Waals surface area contributed by atoms with Gasteiger partial charge in [-0.05, 0) is 45.0 Å². The van der Waals surface area contributed by atoms with E-state index in [9.17, 15) is 14.4 Å². The van der Waals surface area contributed by atoms with Crippen LogP contribution in [0.2, 0.25) is 0 Å². The summed E-state index contributed by atoms with van der Waals surface area (Å²) in [6, 6.07) is 15.8. The van der Waals surface area contributed by atoms with E-state index in [2.05, 4.69) is 5.32 Å². The fourth-order valence-electron chi connectivity index (χ4n) is 2.98. The number of ether oxygens (including phenoxy) is 1. The van der Waals surface area contributed by atoms with Crippen LogP contribution < -0.4 is 15.6 Å². The Morgan fingerprint density at radius 3 is 2.41 bits per heavy atom. The predicted molar refractivity (Wildman–Crippen MR) is 111 cm³/mol. The summed E-state index contributed by atoms with van der Waals surface area (Å²) in [7, 11) is 1.76. The molecular formula is C22H23N3O4. The second-order valence-electron chi connectivity index (χ2n) is 6.77. The van der Waals surface area contributed by atoms with Crippen LogP contribution in [-0.4, -0.2) is 27.2 Å². The van der Waals surface area contributed by atoms with Crippen molar-refractivity contribution in [2.24, 2.45) is 7.05 Å². The monoisotopic (exact) mass is 393 g/mol. The molecule has 1 N–H and O–H groups in total. The maximum atomic E-state index is 12.9. The quantitative estimate of drug-likeness (QED) is 0.653. The highest BCUT2D eigenvalue weighted by molar-refractivity contribution is 5.95. The van der Waals surface area contributed by atoms with Gasteiger partial charge in [0.1, 0.15) is 11.4 Å². The fraction of sp³-hybridized carbons (Fsp3) is 0.227. The molecule has 0 unspecified atom stereocenters. The Morgan fingerprint density at radius 2 is 1.76 bits per heavy atom. The number of carbonyl (C=O) groups is 2. The third-order valence-electron chi connectivity index (χ3n) is 4.73. The minimum absolute atomic E-state index is 0.0890. The first-order chi connectivity index (χ1) is 13.8. The van der Waals surface area contributed by atoms with E-state index in [-0.39, 0.29) is 17.0 Å². The minimum atomic E-state index is -0.860. The SMILES string of the molecule is CC(=O)c1cccc(O[C@H](C)C(=O)Nc2c(C)n(C)n(-c3ccccc3)c2=O)c1. The summed E-state index contributed by atoms with van der Waals surface area (Å²) >= 11 is 0. The zero-order chi connectivity index (χ0) is 21.1. The fourth-order valence-corrected chi connectivity index (χ4v) is 2.98. The van der Waals surface area contributed by atoms with E-state index in [0.717, 1.165) is 0 Å². The van der Waals surface area contributed by atoms with Crippen molar-refractivity contribution in [1.82, 2.24) is 9.36 Å². The van der Waals surface area contributed by atoms with Crippen molar-refractivity contribution >= 4 is 17.4 Å². The number of benzene rings is 2. The molecule has 150 valence electrons. The molecule has 3 rings (SSSR count). The maximum Gasteiger partial charge on any atom is 0.295 e. The van der Waals surface area contributed by atoms with Crippen LogP contribution in [0.5, 0.6) is 5.75 Å². The molecule has 0 fully saturated rings. The molecule has 1 heterocycles. The van der Waals surface area contributed by atoms with Crippen molar-refractivity contribution in [3.8, 4) is 11.4 Å². The van der Waals surface area contributed by atoms with Crippen molar-refractivity contribution in [3.63, 3.8) is 0 Å². The lowest BCUT2D eigenvalue weighted by atomic mass is 10.1.